The molecule has 19 heteroatoms. The third-order valence-corrected chi connectivity index (χ3v) is 14.2. The minimum absolute atomic E-state index is 0.0800. The summed E-state index contributed by atoms with van der Waals surface area (Å²) in [6.07, 6.45) is -6.48. The number of rotatable bonds is 16. The molecule has 11 rings (SSSR count). The Morgan fingerprint density at radius 1 is 0.597 bits per heavy atom. The molecule has 3 saturated heterocycles. The number of hydrogen-bond donors (Lipinski definition) is 0. The smallest absolute Gasteiger partial charge is 0.303 e. The van der Waals surface area contributed by atoms with Crippen LogP contribution in [0, 0.1) is 0 Å². The molecule has 6 heterocycles. The van der Waals surface area contributed by atoms with Gasteiger partial charge < -0.3 is 42.6 Å². The van der Waals surface area contributed by atoms with Crippen LogP contribution in [0.5, 0.6) is 0 Å². The molecule has 0 radical (unpaired) electrons. The lowest BCUT2D eigenvalue weighted by Gasteiger charge is -2.53. The number of aromatic nitrogens is 2. The third kappa shape index (κ3) is 10.5. The highest BCUT2D eigenvalue weighted by molar-refractivity contribution is 6.22. The van der Waals surface area contributed by atoms with Gasteiger partial charge in [0.15, 0.2) is 31.1 Å². The van der Waals surface area contributed by atoms with Crippen molar-refractivity contribution in [3.8, 4) is 0 Å². The zero-order chi connectivity index (χ0) is 53.3. The zero-order valence-electron chi connectivity index (χ0n) is 42.2. The van der Waals surface area contributed by atoms with E-state index in [2.05, 4.69) is 0 Å². The van der Waals surface area contributed by atoms with Crippen LogP contribution in [0.3, 0.4) is 0 Å². The molecular weight excluding hydrogens is 993 g/mol. The lowest BCUT2D eigenvalue weighted by atomic mass is 9.92. The summed E-state index contributed by atoms with van der Waals surface area (Å²) >= 11 is 0. The number of nitrogens with zero attached hydrogens (tertiary/aromatic N) is 4. The summed E-state index contributed by atoms with van der Waals surface area (Å²) in [7, 11) is 1.94. The molecule has 0 unspecified atom stereocenters. The van der Waals surface area contributed by atoms with E-state index in [0.29, 0.717) is 17.7 Å². The minimum Gasteiger partial charge on any atom is -0.457 e. The molecule has 19 nitrogen and oxygen atoms in total. The van der Waals surface area contributed by atoms with E-state index in [0.717, 1.165) is 27.9 Å². The second-order valence-corrected chi connectivity index (χ2v) is 19.4. The van der Waals surface area contributed by atoms with E-state index in [-0.39, 0.29) is 48.7 Å². The van der Waals surface area contributed by atoms with Crippen LogP contribution in [-0.4, -0.2) is 124 Å². The van der Waals surface area contributed by atoms with Crippen LogP contribution in [0.1, 0.15) is 83.8 Å². The van der Waals surface area contributed by atoms with Gasteiger partial charge in [0.1, 0.15) is 55.4 Å². The first-order valence-electron chi connectivity index (χ1n) is 25.3. The van der Waals surface area contributed by atoms with Crippen LogP contribution < -0.4 is 4.57 Å². The van der Waals surface area contributed by atoms with Crippen molar-refractivity contribution in [1.82, 2.24) is 14.4 Å². The van der Waals surface area contributed by atoms with Gasteiger partial charge in [0.05, 0.1) is 55.7 Å². The first-order chi connectivity index (χ1) is 37.4. The van der Waals surface area contributed by atoms with Crippen molar-refractivity contribution >= 4 is 35.6 Å². The maximum atomic E-state index is 14.7. The number of carbonyl (C=O) groups excluding carboxylic acids is 6. The second-order valence-electron chi connectivity index (χ2n) is 19.4. The molecule has 6 aromatic rings. The largest absolute Gasteiger partial charge is 0.457 e. The van der Waals surface area contributed by atoms with Gasteiger partial charge in [-0.05, 0) is 41.0 Å². The molecule has 4 amide bonds. The summed E-state index contributed by atoms with van der Waals surface area (Å²) in [5.41, 5.74) is 3.53. The fourth-order valence-electron chi connectivity index (χ4n) is 10.7. The van der Waals surface area contributed by atoms with Crippen LogP contribution in [-0.2, 0) is 79.0 Å². The first kappa shape index (κ1) is 51.4. The Hall–Kier alpha value is -7.75. The molecule has 3 fully saturated rings. The Kier molecular flexibility index (Phi) is 14.7. The third-order valence-electron chi connectivity index (χ3n) is 14.2. The number of imide groups is 2. The van der Waals surface area contributed by atoms with Gasteiger partial charge in [-0.25, -0.2) is 9.13 Å². The van der Waals surface area contributed by atoms with Crippen molar-refractivity contribution in [2.75, 3.05) is 13.2 Å². The predicted molar refractivity (Wildman–Crippen MR) is 267 cm³/mol. The Morgan fingerprint density at radius 2 is 1.13 bits per heavy atom. The molecule has 0 spiro atoms. The fraction of sp³-hybridized carbons (Fsp3) is 0.328. The van der Waals surface area contributed by atoms with E-state index in [1.807, 2.05) is 95.6 Å². The van der Waals surface area contributed by atoms with Gasteiger partial charge in [-0.3, -0.25) is 38.6 Å². The molecule has 5 aromatic carbocycles. The Morgan fingerprint density at radius 3 is 1.70 bits per heavy atom. The van der Waals surface area contributed by atoms with Crippen molar-refractivity contribution in [1.29, 1.82) is 0 Å². The predicted octanol–water partition coefficient (Wildman–Crippen LogP) is 5.24. The van der Waals surface area contributed by atoms with E-state index < -0.39 is 103 Å². The molecule has 5 aliphatic rings. The van der Waals surface area contributed by atoms with E-state index in [1.165, 1.54) is 31.2 Å². The van der Waals surface area contributed by atoms with Gasteiger partial charge in [-0.2, -0.15) is 0 Å². The van der Waals surface area contributed by atoms with Crippen molar-refractivity contribution in [2.45, 2.75) is 101 Å². The molecular formula is C58H55N4O15+. The van der Waals surface area contributed by atoms with Gasteiger partial charge in [-0.1, -0.05) is 109 Å². The summed E-state index contributed by atoms with van der Waals surface area (Å²) in [4.78, 5) is 87.6. The normalized spacial score (nSPS) is 26.8. The lowest BCUT2D eigenvalue weighted by molar-refractivity contribution is -0.671. The SMILES string of the molecule is CC(=O)O[C@H]1[C@@H]2O[C@H](c3ccccc3)OC[C@H]2O[C@@H](O[C@H]2[C@H](OC(C)=O)[C@@H](N3C(=O)c4ccccc4C3=O)[C@H](OCc3ccc(Cn4cc[n+](C)c4)cc3)O[C@@H]2COCc2ccccc2)[C@@H]1N1C(=O)c2ccccc2C1=O. The van der Waals surface area contributed by atoms with Gasteiger partial charge in [0, 0.05) is 19.4 Å². The number of benzene rings is 5. The fourth-order valence-corrected chi connectivity index (χ4v) is 10.7. The molecule has 0 N–H and O–H groups in total. The van der Waals surface area contributed by atoms with E-state index in [4.69, 9.17) is 42.6 Å². The highest BCUT2D eigenvalue weighted by Gasteiger charge is 2.62. The van der Waals surface area contributed by atoms with Crippen molar-refractivity contribution in [2.24, 2.45) is 7.05 Å². The summed E-state index contributed by atoms with van der Waals surface area (Å²) in [5.74, 6) is -4.52. The van der Waals surface area contributed by atoms with Crippen LogP contribution in [0.2, 0.25) is 0 Å². The van der Waals surface area contributed by atoms with Crippen molar-refractivity contribution in [3.05, 3.63) is 197 Å². The average Bonchev–Trinajstić information content (AvgIpc) is 4.06. The molecule has 0 aliphatic carbocycles. The first-order valence-corrected chi connectivity index (χ1v) is 25.3. The lowest BCUT2D eigenvalue weighted by Crippen LogP contribution is -2.71. The highest BCUT2D eigenvalue weighted by atomic mass is 16.8. The van der Waals surface area contributed by atoms with Crippen molar-refractivity contribution < 1.29 is 76.0 Å². The summed E-state index contributed by atoms with van der Waals surface area (Å²) in [5, 5.41) is 0. The topological polar surface area (TPSA) is 201 Å². The summed E-state index contributed by atoms with van der Waals surface area (Å²) in [6, 6.07) is 35.4. The summed E-state index contributed by atoms with van der Waals surface area (Å²) in [6.45, 7) is 2.54. The number of hydrogen-bond acceptors (Lipinski definition) is 15. The monoisotopic (exact) mass is 1050 g/mol. The number of amides is 4. The standard InChI is InChI=1S/C58H55N4O15/c1-34(63)72-50-46(61-52(65)40-18-10-11-19-41(40)53(61)66)57(70-30-38-24-22-36(23-25-38)28-60-27-26-59(3)33-60)74-44(31-69-29-37-14-6-4-7-15-37)48(50)77-58-47(62-54(67)42-20-12-13-21-43(42)55(62)68)51(73-35(2)64)49-45(75-58)32-71-56(76-49)39-16-8-5-9-17-39/h4-27,33,44-51,56-58H,28-32H2,1-3H3/q+1/t44-,45-,46-,47-,48-,49-,50-,51-,56-,57-,58+/m1/s1. The molecule has 396 valence electrons. The number of fused-ring (bicyclic) bond motifs is 3. The second kappa shape index (κ2) is 22.1. The van der Waals surface area contributed by atoms with Crippen LogP contribution >= 0.6 is 0 Å². The average molecular weight is 1050 g/mol. The number of esters is 2. The number of carbonyl (C=O) groups is 6. The molecule has 0 bridgehead atoms. The molecule has 1 aromatic heterocycles. The Balaban J connectivity index is 0.995. The number of aryl methyl sites for hydroxylation is 1. The van der Waals surface area contributed by atoms with Gasteiger partial charge >= 0.3 is 11.9 Å². The molecule has 5 aliphatic heterocycles. The van der Waals surface area contributed by atoms with E-state index in [9.17, 15) is 28.8 Å². The van der Waals surface area contributed by atoms with Gasteiger partial charge in [0.2, 0.25) is 6.33 Å². The minimum atomic E-state index is -1.74. The van der Waals surface area contributed by atoms with Gasteiger partial charge in [0.25, 0.3) is 23.6 Å². The molecule has 11 atom stereocenters. The molecule has 77 heavy (non-hydrogen) atoms. The van der Waals surface area contributed by atoms with Crippen molar-refractivity contribution in [3.63, 3.8) is 0 Å². The maximum Gasteiger partial charge on any atom is 0.303 e. The zero-order valence-corrected chi connectivity index (χ0v) is 42.2. The van der Waals surface area contributed by atoms with E-state index in [1.54, 1.807) is 48.5 Å². The van der Waals surface area contributed by atoms with E-state index >= 15 is 0 Å². The van der Waals surface area contributed by atoms with Crippen LogP contribution in [0.4, 0.5) is 0 Å². The summed E-state index contributed by atoms with van der Waals surface area (Å²) < 4.78 is 62.9. The Labute approximate surface area is 442 Å². The molecule has 0 saturated carbocycles. The van der Waals surface area contributed by atoms with Gasteiger partial charge in [-0.15, -0.1) is 0 Å². The number of imidazole rings is 1. The Bertz CT molecular complexity index is 3100. The number of ether oxygens (including phenoxy) is 9. The van der Waals surface area contributed by atoms with Crippen LogP contribution in [0.15, 0.2) is 152 Å². The quantitative estimate of drug-likeness (QED) is 0.0692. The highest BCUT2D eigenvalue weighted by Crippen LogP contribution is 2.43. The maximum absolute atomic E-state index is 14.7. The van der Waals surface area contributed by atoms with Crippen LogP contribution in [0.25, 0.3) is 0 Å².